The molecule has 2 atom stereocenters. The molecule has 0 spiro atoms. The van der Waals surface area contributed by atoms with Gasteiger partial charge in [-0.25, -0.2) is 4.98 Å². The number of benzene rings is 1. The smallest absolute Gasteiger partial charge is 0.225 e. The lowest BCUT2D eigenvalue weighted by Crippen LogP contribution is -2.40. The molecule has 0 saturated carbocycles. The number of aromatic nitrogens is 1. The van der Waals surface area contributed by atoms with E-state index in [0.29, 0.717) is 41.2 Å². The summed E-state index contributed by atoms with van der Waals surface area (Å²) < 4.78 is 5.83. The summed E-state index contributed by atoms with van der Waals surface area (Å²) in [7, 11) is 0. The van der Waals surface area contributed by atoms with Gasteiger partial charge in [0.1, 0.15) is 6.07 Å². The van der Waals surface area contributed by atoms with E-state index in [2.05, 4.69) is 16.4 Å². The van der Waals surface area contributed by atoms with Crippen LogP contribution >= 0.6 is 23.2 Å². The molecular weight excluding hydrogens is 447 g/mol. The molecule has 6 nitrogen and oxygen atoms in total. The quantitative estimate of drug-likeness (QED) is 0.678. The van der Waals surface area contributed by atoms with Crippen molar-refractivity contribution in [3.05, 3.63) is 57.7 Å². The third-order valence-corrected chi connectivity index (χ3v) is 7.16. The molecule has 4 rings (SSSR count). The van der Waals surface area contributed by atoms with Crippen LogP contribution in [0.25, 0.3) is 0 Å². The third-order valence-electron chi connectivity index (χ3n) is 6.42. The van der Waals surface area contributed by atoms with Crippen LogP contribution in [0.1, 0.15) is 36.3 Å². The number of ether oxygens (including phenoxy) is 1. The number of piperidine rings is 1. The summed E-state index contributed by atoms with van der Waals surface area (Å²) in [5.74, 6) is 1.28. The highest BCUT2D eigenvalue weighted by molar-refractivity contribution is 6.42. The largest absolute Gasteiger partial charge is 0.478 e. The van der Waals surface area contributed by atoms with Crippen molar-refractivity contribution in [1.29, 1.82) is 5.26 Å². The molecule has 2 aromatic rings. The fourth-order valence-corrected chi connectivity index (χ4v) is 4.94. The summed E-state index contributed by atoms with van der Waals surface area (Å²) in [6, 6.07) is 11.2. The van der Waals surface area contributed by atoms with E-state index in [1.54, 1.807) is 12.1 Å². The van der Waals surface area contributed by atoms with Gasteiger partial charge in [0.05, 0.1) is 22.2 Å². The van der Waals surface area contributed by atoms with Crippen LogP contribution in [-0.4, -0.2) is 48.6 Å². The lowest BCUT2D eigenvalue weighted by atomic mass is 9.87. The molecule has 2 aliphatic heterocycles. The van der Waals surface area contributed by atoms with Crippen LogP contribution in [0.3, 0.4) is 0 Å². The second kappa shape index (κ2) is 10.5. The molecule has 2 saturated heterocycles. The van der Waals surface area contributed by atoms with E-state index in [1.165, 1.54) is 6.20 Å². The van der Waals surface area contributed by atoms with Crippen LogP contribution < -0.4 is 10.1 Å². The van der Waals surface area contributed by atoms with Gasteiger partial charge in [0, 0.05) is 37.2 Å². The summed E-state index contributed by atoms with van der Waals surface area (Å²) in [6.07, 6.45) is 4.07. The standard InChI is InChI=1S/C24H26Cl2N4O2/c25-21-3-2-18(11-22(21)26)20-15-30(24(31)17-5-8-28-9-6-17)14-19(20)7-10-32-23-4-1-16(12-27)13-29-23/h1-4,11,13,17,19-20,28H,5-10,14-15H2. The van der Waals surface area contributed by atoms with E-state index < -0.39 is 0 Å². The molecule has 0 radical (unpaired) electrons. The maximum atomic E-state index is 13.2. The highest BCUT2D eigenvalue weighted by Crippen LogP contribution is 2.38. The van der Waals surface area contributed by atoms with Crippen LogP contribution in [0.4, 0.5) is 0 Å². The molecule has 32 heavy (non-hydrogen) atoms. The fraction of sp³-hybridized carbons (Fsp3) is 0.458. The Bertz CT molecular complexity index is 986. The highest BCUT2D eigenvalue weighted by atomic mass is 35.5. The van der Waals surface area contributed by atoms with Crippen LogP contribution in [0.5, 0.6) is 5.88 Å². The Morgan fingerprint density at radius 3 is 2.69 bits per heavy atom. The van der Waals surface area contributed by atoms with Gasteiger partial charge >= 0.3 is 0 Å². The van der Waals surface area contributed by atoms with Crippen molar-refractivity contribution in [3.8, 4) is 11.9 Å². The van der Waals surface area contributed by atoms with Crippen molar-refractivity contribution >= 4 is 29.1 Å². The van der Waals surface area contributed by atoms with E-state index in [-0.39, 0.29) is 23.7 Å². The Morgan fingerprint density at radius 2 is 2.00 bits per heavy atom. The second-order valence-corrected chi connectivity index (χ2v) is 9.26. The SMILES string of the molecule is N#Cc1ccc(OCCC2CN(C(=O)C3CCNCC3)CC2c2ccc(Cl)c(Cl)c2)nc1. The minimum absolute atomic E-state index is 0.101. The summed E-state index contributed by atoms with van der Waals surface area (Å²) in [5.41, 5.74) is 1.60. The molecule has 1 amide bonds. The Kier molecular flexibility index (Phi) is 7.51. The number of likely N-dealkylation sites (tertiary alicyclic amines) is 1. The molecule has 0 bridgehead atoms. The zero-order chi connectivity index (χ0) is 22.5. The number of nitriles is 1. The number of pyridine rings is 1. The summed E-state index contributed by atoms with van der Waals surface area (Å²) in [5, 5.41) is 13.3. The normalized spacial score (nSPS) is 21.3. The minimum Gasteiger partial charge on any atom is -0.478 e. The van der Waals surface area contributed by atoms with Gasteiger partial charge < -0.3 is 15.0 Å². The van der Waals surface area contributed by atoms with Gasteiger partial charge in [0.25, 0.3) is 0 Å². The first kappa shape index (κ1) is 22.8. The molecule has 1 aromatic heterocycles. The van der Waals surface area contributed by atoms with Gasteiger partial charge in [0.2, 0.25) is 11.8 Å². The first-order chi connectivity index (χ1) is 15.5. The van der Waals surface area contributed by atoms with Crippen molar-refractivity contribution in [1.82, 2.24) is 15.2 Å². The van der Waals surface area contributed by atoms with Crippen molar-refractivity contribution in [2.45, 2.75) is 25.2 Å². The van der Waals surface area contributed by atoms with E-state index >= 15 is 0 Å². The van der Waals surface area contributed by atoms with Crippen LogP contribution in [0.15, 0.2) is 36.5 Å². The third kappa shape index (κ3) is 5.35. The van der Waals surface area contributed by atoms with Crippen LogP contribution in [0, 0.1) is 23.2 Å². The van der Waals surface area contributed by atoms with Gasteiger partial charge in [-0.05, 0) is 62.0 Å². The molecule has 0 aliphatic carbocycles. The number of nitrogens with one attached hydrogen (secondary N) is 1. The Hall–Kier alpha value is -2.33. The molecule has 1 N–H and O–H groups in total. The van der Waals surface area contributed by atoms with Gasteiger partial charge in [-0.15, -0.1) is 0 Å². The molecule has 168 valence electrons. The van der Waals surface area contributed by atoms with E-state index in [4.69, 9.17) is 33.2 Å². The van der Waals surface area contributed by atoms with Gasteiger partial charge in [-0.3, -0.25) is 4.79 Å². The first-order valence-corrected chi connectivity index (χ1v) is 11.7. The zero-order valence-electron chi connectivity index (χ0n) is 17.8. The number of hydrogen-bond donors (Lipinski definition) is 1. The average molecular weight is 473 g/mol. The van der Waals surface area contributed by atoms with Crippen LogP contribution in [-0.2, 0) is 4.79 Å². The van der Waals surface area contributed by atoms with Crippen molar-refractivity contribution in [2.24, 2.45) is 11.8 Å². The van der Waals surface area contributed by atoms with E-state index in [0.717, 1.165) is 37.9 Å². The number of rotatable bonds is 6. The Labute approximate surface area is 198 Å². The average Bonchev–Trinajstić information content (AvgIpc) is 3.25. The van der Waals surface area contributed by atoms with E-state index in [1.807, 2.05) is 23.1 Å². The minimum atomic E-state index is 0.101. The summed E-state index contributed by atoms with van der Waals surface area (Å²) >= 11 is 12.4. The van der Waals surface area contributed by atoms with Gasteiger partial charge in [-0.1, -0.05) is 29.3 Å². The summed E-state index contributed by atoms with van der Waals surface area (Å²) in [6.45, 7) is 3.67. The Balaban J connectivity index is 1.45. The molecule has 2 unspecified atom stereocenters. The zero-order valence-corrected chi connectivity index (χ0v) is 19.3. The van der Waals surface area contributed by atoms with Gasteiger partial charge in [0.15, 0.2) is 0 Å². The maximum Gasteiger partial charge on any atom is 0.225 e. The monoisotopic (exact) mass is 472 g/mol. The molecule has 8 heteroatoms. The number of amides is 1. The lowest BCUT2D eigenvalue weighted by molar-refractivity contribution is -0.135. The predicted molar refractivity (Wildman–Crippen MR) is 124 cm³/mol. The lowest BCUT2D eigenvalue weighted by Gasteiger charge is -2.27. The molecule has 2 aliphatic rings. The number of hydrogen-bond acceptors (Lipinski definition) is 5. The van der Waals surface area contributed by atoms with Crippen LogP contribution in [0.2, 0.25) is 10.0 Å². The molecule has 3 heterocycles. The topological polar surface area (TPSA) is 78.2 Å². The van der Waals surface area contributed by atoms with Crippen molar-refractivity contribution < 1.29 is 9.53 Å². The van der Waals surface area contributed by atoms with E-state index in [9.17, 15) is 4.79 Å². The van der Waals surface area contributed by atoms with Gasteiger partial charge in [-0.2, -0.15) is 5.26 Å². The van der Waals surface area contributed by atoms with Crippen molar-refractivity contribution in [3.63, 3.8) is 0 Å². The first-order valence-electron chi connectivity index (χ1n) is 11.0. The highest BCUT2D eigenvalue weighted by Gasteiger charge is 2.38. The number of carbonyl (C=O) groups is 1. The number of halogens is 2. The predicted octanol–water partition coefficient (Wildman–Crippen LogP) is 4.27. The number of carbonyl (C=O) groups excluding carboxylic acids is 1. The molecule has 1 aromatic carbocycles. The second-order valence-electron chi connectivity index (χ2n) is 8.44. The summed E-state index contributed by atoms with van der Waals surface area (Å²) in [4.78, 5) is 19.4. The fourth-order valence-electron chi connectivity index (χ4n) is 4.64. The molecular formula is C24H26Cl2N4O2. The maximum absolute atomic E-state index is 13.2. The Morgan fingerprint density at radius 1 is 1.19 bits per heavy atom. The van der Waals surface area contributed by atoms with Crippen molar-refractivity contribution in [2.75, 3.05) is 32.8 Å². The molecule has 2 fully saturated rings. The number of nitrogens with zero attached hydrogens (tertiary/aromatic N) is 3.